The van der Waals surface area contributed by atoms with E-state index in [1.165, 1.54) is 12.1 Å². The summed E-state index contributed by atoms with van der Waals surface area (Å²) in [5.74, 6) is 0.0547. The standard InChI is InChI=1S/C28H30FN3O2/c29-24-11-13-25(14-12-24)31-28(34)32-17-15-21(16-18-32)20-30-27(33)19-26(22-7-3-1-4-8-22)23-9-5-2-6-10-23/h1-14,21,26H,15-20H2,(H,30,33)(H,31,34). The SMILES string of the molecule is O=C(CC(c1ccccc1)c1ccccc1)NCC1CCN(C(=O)Nc2ccc(F)cc2)CC1. The van der Waals surface area contributed by atoms with Gasteiger partial charge in [0, 0.05) is 37.7 Å². The molecule has 1 fully saturated rings. The van der Waals surface area contributed by atoms with Crippen molar-refractivity contribution in [3.8, 4) is 0 Å². The molecule has 1 aliphatic rings. The average Bonchev–Trinajstić information content (AvgIpc) is 2.88. The summed E-state index contributed by atoms with van der Waals surface area (Å²) in [6.45, 7) is 1.87. The van der Waals surface area contributed by atoms with Gasteiger partial charge in [0.2, 0.25) is 5.91 Å². The molecule has 0 aromatic heterocycles. The summed E-state index contributed by atoms with van der Waals surface area (Å²) in [6.07, 6.45) is 2.06. The zero-order valence-corrected chi connectivity index (χ0v) is 19.1. The molecule has 4 rings (SSSR count). The summed E-state index contributed by atoms with van der Waals surface area (Å²) < 4.78 is 13.0. The molecule has 2 N–H and O–H groups in total. The van der Waals surface area contributed by atoms with Gasteiger partial charge in [0.1, 0.15) is 5.82 Å². The van der Waals surface area contributed by atoms with Gasteiger partial charge in [-0.05, 0) is 54.2 Å². The van der Waals surface area contributed by atoms with Crippen LogP contribution in [0.25, 0.3) is 0 Å². The topological polar surface area (TPSA) is 61.4 Å². The van der Waals surface area contributed by atoms with E-state index < -0.39 is 0 Å². The number of halogens is 1. The van der Waals surface area contributed by atoms with Crippen molar-refractivity contribution in [2.75, 3.05) is 25.0 Å². The van der Waals surface area contributed by atoms with Gasteiger partial charge in [-0.3, -0.25) is 4.79 Å². The number of hydrogen-bond donors (Lipinski definition) is 2. The maximum absolute atomic E-state index is 13.0. The number of carbonyl (C=O) groups excluding carboxylic acids is 2. The molecule has 3 amide bonds. The number of rotatable bonds is 7. The van der Waals surface area contributed by atoms with Crippen LogP contribution < -0.4 is 10.6 Å². The van der Waals surface area contributed by atoms with Crippen molar-refractivity contribution in [2.45, 2.75) is 25.2 Å². The van der Waals surface area contributed by atoms with E-state index in [1.807, 2.05) is 36.4 Å². The highest BCUT2D eigenvalue weighted by Crippen LogP contribution is 2.28. The zero-order chi connectivity index (χ0) is 23.8. The molecule has 1 saturated heterocycles. The monoisotopic (exact) mass is 459 g/mol. The normalized spacial score (nSPS) is 14.1. The molecule has 0 bridgehead atoms. The molecule has 0 radical (unpaired) electrons. The quantitative estimate of drug-likeness (QED) is 0.496. The first-order chi connectivity index (χ1) is 16.6. The molecule has 34 heavy (non-hydrogen) atoms. The van der Waals surface area contributed by atoms with Crippen LogP contribution >= 0.6 is 0 Å². The van der Waals surface area contributed by atoms with Gasteiger partial charge in [-0.15, -0.1) is 0 Å². The average molecular weight is 460 g/mol. The molecule has 6 heteroatoms. The van der Waals surface area contributed by atoms with Gasteiger partial charge in [0.25, 0.3) is 0 Å². The molecule has 0 atom stereocenters. The Morgan fingerprint density at radius 2 is 1.41 bits per heavy atom. The van der Waals surface area contributed by atoms with Crippen molar-refractivity contribution in [3.63, 3.8) is 0 Å². The van der Waals surface area contributed by atoms with Gasteiger partial charge < -0.3 is 15.5 Å². The summed E-state index contributed by atoms with van der Waals surface area (Å²) in [5, 5.41) is 5.93. The molecule has 0 aliphatic carbocycles. The van der Waals surface area contributed by atoms with E-state index in [0.717, 1.165) is 24.0 Å². The second-order valence-electron chi connectivity index (χ2n) is 8.75. The fraction of sp³-hybridized carbons (Fsp3) is 0.286. The van der Waals surface area contributed by atoms with Crippen LogP contribution in [-0.4, -0.2) is 36.5 Å². The van der Waals surface area contributed by atoms with Gasteiger partial charge in [0.15, 0.2) is 0 Å². The number of hydrogen-bond acceptors (Lipinski definition) is 2. The maximum atomic E-state index is 13.0. The van der Waals surface area contributed by atoms with Gasteiger partial charge >= 0.3 is 6.03 Å². The van der Waals surface area contributed by atoms with E-state index in [9.17, 15) is 14.0 Å². The molecule has 5 nitrogen and oxygen atoms in total. The Bertz CT molecular complexity index is 1030. The van der Waals surface area contributed by atoms with Crippen molar-refractivity contribution in [1.29, 1.82) is 0 Å². The van der Waals surface area contributed by atoms with Gasteiger partial charge in [-0.25, -0.2) is 9.18 Å². The van der Waals surface area contributed by atoms with Crippen molar-refractivity contribution < 1.29 is 14.0 Å². The molecule has 3 aromatic carbocycles. The minimum absolute atomic E-state index is 0.0133. The highest BCUT2D eigenvalue weighted by molar-refractivity contribution is 5.89. The van der Waals surface area contributed by atoms with Crippen molar-refractivity contribution >= 4 is 17.6 Å². The molecule has 0 unspecified atom stereocenters. The van der Waals surface area contributed by atoms with E-state index in [2.05, 4.69) is 34.9 Å². The lowest BCUT2D eigenvalue weighted by atomic mass is 9.88. The first-order valence-electron chi connectivity index (χ1n) is 11.8. The summed E-state index contributed by atoms with van der Waals surface area (Å²) in [7, 11) is 0. The van der Waals surface area contributed by atoms with Crippen LogP contribution in [0.1, 0.15) is 36.3 Å². The Kier molecular flexibility index (Phi) is 7.91. The third-order valence-electron chi connectivity index (χ3n) is 6.38. The Hall–Kier alpha value is -3.67. The second kappa shape index (κ2) is 11.5. The Morgan fingerprint density at radius 1 is 0.853 bits per heavy atom. The Balaban J connectivity index is 1.25. The van der Waals surface area contributed by atoms with Crippen LogP contribution in [0.5, 0.6) is 0 Å². The number of carbonyl (C=O) groups is 2. The van der Waals surface area contributed by atoms with Gasteiger partial charge in [-0.2, -0.15) is 0 Å². The number of urea groups is 1. The van der Waals surface area contributed by atoms with Crippen molar-refractivity contribution in [3.05, 3.63) is 102 Å². The van der Waals surface area contributed by atoms with Gasteiger partial charge in [-0.1, -0.05) is 60.7 Å². The molecule has 176 valence electrons. The Morgan fingerprint density at radius 3 is 1.97 bits per heavy atom. The minimum Gasteiger partial charge on any atom is -0.356 e. The lowest BCUT2D eigenvalue weighted by Gasteiger charge is -2.32. The largest absolute Gasteiger partial charge is 0.356 e. The zero-order valence-electron chi connectivity index (χ0n) is 19.1. The number of nitrogens with zero attached hydrogens (tertiary/aromatic N) is 1. The molecule has 1 aliphatic heterocycles. The number of likely N-dealkylation sites (tertiary alicyclic amines) is 1. The van der Waals surface area contributed by atoms with E-state index in [-0.39, 0.29) is 23.7 Å². The van der Waals surface area contributed by atoms with Crippen LogP contribution in [0.4, 0.5) is 14.9 Å². The molecule has 0 spiro atoms. The first kappa shape index (κ1) is 23.5. The number of amides is 3. The van der Waals surface area contributed by atoms with Crippen LogP contribution in [0, 0.1) is 11.7 Å². The highest BCUT2D eigenvalue weighted by atomic mass is 19.1. The second-order valence-corrected chi connectivity index (χ2v) is 8.75. The fourth-order valence-electron chi connectivity index (χ4n) is 4.39. The molecule has 1 heterocycles. The van der Waals surface area contributed by atoms with E-state index >= 15 is 0 Å². The molecule has 0 saturated carbocycles. The third-order valence-corrected chi connectivity index (χ3v) is 6.38. The fourth-order valence-corrected chi connectivity index (χ4v) is 4.39. The predicted molar refractivity (Wildman–Crippen MR) is 132 cm³/mol. The minimum atomic E-state index is -0.334. The van der Waals surface area contributed by atoms with E-state index in [0.29, 0.717) is 37.7 Å². The summed E-state index contributed by atoms with van der Waals surface area (Å²) in [5.41, 5.74) is 2.83. The Labute approximate surface area is 200 Å². The van der Waals surface area contributed by atoms with Crippen molar-refractivity contribution in [1.82, 2.24) is 10.2 Å². The summed E-state index contributed by atoms with van der Waals surface area (Å²) >= 11 is 0. The summed E-state index contributed by atoms with van der Waals surface area (Å²) in [4.78, 5) is 27.1. The molecular formula is C28H30FN3O2. The molecule has 3 aromatic rings. The van der Waals surface area contributed by atoms with E-state index in [4.69, 9.17) is 0 Å². The summed E-state index contributed by atoms with van der Waals surface area (Å²) in [6, 6.07) is 25.8. The van der Waals surface area contributed by atoms with E-state index in [1.54, 1.807) is 17.0 Å². The number of anilines is 1. The van der Waals surface area contributed by atoms with Crippen LogP contribution in [0.15, 0.2) is 84.9 Å². The third kappa shape index (κ3) is 6.44. The lowest BCUT2D eigenvalue weighted by molar-refractivity contribution is -0.121. The van der Waals surface area contributed by atoms with Crippen LogP contribution in [-0.2, 0) is 4.79 Å². The number of piperidine rings is 1. The number of nitrogens with one attached hydrogen (secondary N) is 2. The maximum Gasteiger partial charge on any atom is 0.321 e. The lowest BCUT2D eigenvalue weighted by Crippen LogP contribution is -2.43. The van der Waals surface area contributed by atoms with Gasteiger partial charge in [0.05, 0.1) is 0 Å². The highest BCUT2D eigenvalue weighted by Gasteiger charge is 2.24. The smallest absolute Gasteiger partial charge is 0.321 e. The first-order valence-corrected chi connectivity index (χ1v) is 11.8. The molecular weight excluding hydrogens is 429 g/mol. The predicted octanol–water partition coefficient (Wildman–Crippen LogP) is 5.41. The van der Waals surface area contributed by atoms with Crippen molar-refractivity contribution in [2.24, 2.45) is 5.92 Å². The number of benzene rings is 3. The van der Waals surface area contributed by atoms with Crippen LogP contribution in [0.2, 0.25) is 0 Å². The van der Waals surface area contributed by atoms with Crippen LogP contribution in [0.3, 0.4) is 0 Å².